The minimum atomic E-state index is -0.569. The largest absolute Gasteiger partial charge is 0.310 e. The number of benzene rings is 14. The van der Waals surface area contributed by atoms with E-state index in [1.54, 1.807) is 0 Å². The van der Waals surface area contributed by atoms with E-state index in [0.717, 1.165) is 22.6 Å². The minimum absolute atomic E-state index is 0.505. The van der Waals surface area contributed by atoms with Crippen molar-refractivity contribution in [2.24, 2.45) is 0 Å². The molecule has 5 aliphatic rings. The van der Waals surface area contributed by atoms with Crippen molar-refractivity contribution in [3.8, 4) is 77.9 Å². The lowest BCUT2D eigenvalue weighted by molar-refractivity contribution is 0.769. The molecule has 0 bridgehead atoms. The highest BCUT2D eigenvalue weighted by molar-refractivity contribution is 6.00. The molecule has 5 aliphatic carbocycles. The van der Waals surface area contributed by atoms with Gasteiger partial charge in [-0.15, -0.1) is 0 Å². The average Bonchev–Trinajstić information content (AvgIpc) is 1.54. The second-order valence-corrected chi connectivity index (χ2v) is 24.5. The molecule has 408 valence electrons. The minimum Gasteiger partial charge on any atom is -0.310 e. The first kappa shape index (κ1) is 49.2. The molecule has 0 heterocycles. The Morgan fingerprint density at radius 3 is 0.920 bits per heavy atom. The molecule has 14 aromatic carbocycles. The molecule has 0 unspecified atom stereocenters. The SMILES string of the molecule is c1ccc(-c2cccc3c2-c2ccc(-c4ccc(N(c5ccc6c(c5)C5(c7ccccc7-c7ccccc75)c5ccccc5-6)c5ccc6c(c5)C5(c7ccccc7-c7ccccc75)c5ccccc5-6)cc4)cc2C3(c2ccccc2)c2ccccc2)cc1. The van der Waals surface area contributed by atoms with E-state index in [1.165, 1.54) is 139 Å². The Morgan fingerprint density at radius 2 is 0.489 bits per heavy atom. The number of fused-ring (bicyclic) bond motifs is 23. The molecule has 0 saturated heterocycles. The van der Waals surface area contributed by atoms with Crippen LogP contribution in [0.4, 0.5) is 17.1 Å². The maximum Gasteiger partial charge on any atom is 0.0726 e. The molecule has 88 heavy (non-hydrogen) atoms. The van der Waals surface area contributed by atoms with Crippen LogP contribution in [0.2, 0.25) is 0 Å². The molecule has 0 radical (unpaired) electrons. The first-order chi connectivity index (χ1) is 43.7. The molecule has 14 aromatic rings. The smallest absolute Gasteiger partial charge is 0.0726 e. The van der Waals surface area contributed by atoms with Gasteiger partial charge < -0.3 is 4.90 Å². The quantitative estimate of drug-likeness (QED) is 0.154. The van der Waals surface area contributed by atoms with Crippen LogP contribution in [-0.4, -0.2) is 0 Å². The van der Waals surface area contributed by atoms with E-state index >= 15 is 0 Å². The molecular formula is C87H55N. The van der Waals surface area contributed by atoms with Gasteiger partial charge in [0.25, 0.3) is 0 Å². The van der Waals surface area contributed by atoms with Gasteiger partial charge in [0.1, 0.15) is 0 Å². The van der Waals surface area contributed by atoms with Gasteiger partial charge in [-0.1, -0.05) is 291 Å². The summed E-state index contributed by atoms with van der Waals surface area (Å²) in [5, 5.41) is 0. The highest BCUT2D eigenvalue weighted by Crippen LogP contribution is 2.66. The molecule has 0 saturated carbocycles. The van der Waals surface area contributed by atoms with Crippen molar-refractivity contribution in [1.29, 1.82) is 0 Å². The summed E-state index contributed by atoms with van der Waals surface area (Å²) in [7, 11) is 0. The highest BCUT2D eigenvalue weighted by atomic mass is 15.1. The Balaban J connectivity index is 0.828. The molecule has 0 aromatic heterocycles. The fraction of sp³-hybridized carbons (Fsp3) is 0.0345. The van der Waals surface area contributed by atoms with Crippen LogP contribution in [0.25, 0.3) is 77.9 Å². The third-order valence-corrected chi connectivity index (χ3v) is 20.6. The number of nitrogens with zero attached hydrogens (tertiary/aromatic N) is 1. The number of rotatable bonds is 7. The Hall–Kier alpha value is -11.1. The molecule has 0 fully saturated rings. The molecule has 19 rings (SSSR count). The van der Waals surface area contributed by atoms with Gasteiger partial charge >= 0.3 is 0 Å². The monoisotopic (exact) mass is 1110 g/mol. The molecule has 1 heteroatoms. The molecule has 0 aliphatic heterocycles. The maximum atomic E-state index is 2.54. The summed E-state index contributed by atoms with van der Waals surface area (Å²) in [4.78, 5) is 2.54. The second kappa shape index (κ2) is 18.4. The van der Waals surface area contributed by atoms with Crippen molar-refractivity contribution >= 4 is 17.1 Å². The Labute approximate surface area is 513 Å². The van der Waals surface area contributed by atoms with Crippen LogP contribution < -0.4 is 4.90 Å². The molecule has 0 N–H and O–H groups in total. The summed E-state index contributed by atoms with van der Waals surface area (Å²) < 4.78 is 0. The number of hydrogen-bond donors (Lipinski definition) is 0. The third kappa shape index (κ3) is 6.34. The van der Waals surface area contributed by atoms with Crippen molar-refractivity contribution in [2.75, 3.05) is 4.90 Å². The molecule has 0 amide bonds. The first-order valence-corrected chi connectivity index (χ1v) is 30.9. The van der Waals surface area contributed by atoms with Gasteiger partial charge in [-0.25, -0.2) is 0 Å². The van der Waals surface area contributed by atoms with Crippen molar-refractivity contribution < 1.29 is 0 Å². The lowest BCUT2D eigenvalue weighted by atomic mass is 9.67. The van der Waals surface area contributed by atoms with Crippen LogP contribution in [0.3, 0.4) is 0 Å². The zero-order valence-corrected chi connectivity index (χ0v) is 48.2. The van der Waals surface area contributed by atoms with Crippen LogP contribution in [0.5, 0.6) is 0 Å². The predicted octanol–water partition coefficient (Wildman–Crippen LogP) is 21.5. The van der Waals surface area contributed by atoms with Gasteiger partial charge in [0.05, 0.1) is 16.2 Å². The second-order valence-electron chi connectivity index (χ2n) is 24.5. The summed E-state index contributed by atoms with van der Waals surface area (Å²) in [6.45, 7) is 0. The van der Waals surface area contributed by atoms with Crippen molar-refractivity contribution in [3.05, 3.63) is 400 Å². The highest BCUT2D eigenvalue weighted by Gasteiger charge is 2.54. The Bertz CT molecular complexity index is 4850. The lowest BCUT2D eigenvalue weighted by Gasteiger charge is -2.34. The van der Waals surface area contributed by atoms with Gasteiger partial charge in [0.2, 0.25) is 0 Å². The van der Waals surface area contributed by atoms with Gasteiger partial charge in [0.15, 0.2) is 0 Å². The van der Waals surface area contributed by atoms with Gasteiger partial charge in [-0.2, -0.15) is 0 Å². The molecular weight excluding hydrogens is 1060 g/mol. The lowest BCUT2D eigenvalue weighted by Crippen LogP contribution is -2.28. The van der Waals surface area contributed by atoms with Gasteiger partial charge in [0, 0.05) is 17.1 Å². The van der Waals surface area contributed by atoms with E-state index in [-0.39, 0.29) is 0 Å². The fourth-order valence-corrected chi connectivity index (χ4v) is 17.3. The zero-order chi connectivity index (χ0) is 57.7. The van der Waals surface area contributed by atoms with E-state index in [4.69, 9.17) is 0 Å². The van der Waals surface area contributed by atoms with Crippen molar-refractivity contribution in [2.45, 2.75) is 16.2 Å². The molecule has 0 atom stereocenters. The number of anilines is 3. The van der Waals surface area contributed by atoms with Crippen LogP contribution in [0.1, 0.15) is 66.8 Å². The standard InChI is InChI=1S/C87H55N/c1-4-23-57(24-5-1)64-35-22-42-80-84(64)73-50-45-58(53-81(73)85(80,59-25-6-2-7-26-59)60-27-8-3-9-28-60)56-43-46-61(47-44-56)88(62-48-51-71-69-33-14-20-40-78(69)86(82(71)54-62)74-36-16-10-29-65(74)66-30-11-17-37-75(66)86)63-49-52-72-70-34-15-21-41-79(70)87(83(72)55-63)76-38-18-12-31-67(76)68-32-13-19-39-77(68)87/h1-55H. The topological polar surface area (TPSA) is 3.24 Å². The number of hydrogen-bond acceptors (Lipinski definition) is 1. The van der Waals surface area contributed by atoms with Crippen LogP contribution in [0, 0.1) is 0 Å². The third-order valence-electron chi connectivity index (χ3n) is 20.6. The first-order valence-electron chi connectivity index (χ1n) is 30.9. The van der Waals surface area contributed by atoms with E-state index in [1.807, 2.05) is 0 Å². The summed E-state index contributed by atoms with van der Waals surface area (Å²) in [6, 6.07) is 126. The maximum absolute atomic E-state index is 2.54. The Morgan fingerprint density at radius 1 is 0.170 bits per heavy atom. The van der Waals surface area contributed by atoms with E-state index in [2.05, 4.69) is 339 Å². The summed E-state index contributed by atoms with van der Waals surface area (Å²) >= 11 is 0. The van der Waals surface area contributed by atoms with Crippen molar-refractivity contribution in [1.82, 2.24) is 0 Å². The predicted molar refractivity (Wildman–Crippen MR) is 362 cm³/mol. The van der Waals surface area contributed by atoms with Gasteiger partial charge in [-0.05, 0) is 187 Å². The summed E-state index contributed by atoms with van der Waals surface area (Å²) in [5.74, 6) is 0. The van der Waals surface area contributed by atoms with Crippen LogP contribution in [0.15, 0.2) is 334 Å². The van der Waals surface area contributed by atoms with Gasteiger partial charge in [-0.3, -0.25) is 0 Å². The van der Waals surface area contributed by atoms with E-state index in [9.17, 15) is 0 Å². The Kier molecular flexibility index (Phi) is 10.3. The fourth-order valence-electron chi connectivity index (χ4n) is 17.3. The van der Waals surface area contributed by atoms with E-state index in [0.29, 0.717) is 0 Å². The van der Waals surface area contributed by atoms with E-state index < -0.39 is 16.2 Å². The van der Waals surface area contributed by atoms with Crippen LogP contribution in [-0.2, 0) is 16.2 Å². The zero-order valence-electron chi connectivity index (χ0n) is 48.2. The average molecular weight is 1110 g/mol. The summed E-state index contributed by atoms with van der Waals surface area (Å²) in [5.41, 5.74) is 35.2. The molecule has 2 spiro atoms. The normalized spacial score (nSPS) is 14.4. The summed E-state index contributed by atoms with van der Waals surface area (Å²) in [6.07, 6.45) is 0. The molecule has 1 nitrogen and oxygen atoms in total. The van der Waals surface area contributed by atoms with Crippen molar-refractivity contribution in [3.63, 3.8) is 0 Å². The van der Waals surface area contributed by atoms with Crippen LogP contribution >= 0.6 is 0 Å².